The summed E-state index contributed by atoms with van der Waals surface area (Å²) in [6.07, 6.45) is 5.01. The van der Waals surface area contributed by atoms with Gasteiger partial charge in [0.1, 0.15) is 0 Å². The zero-order chi connectivity index (χ0) is 9.42. The Balaban J connectivity index is 2.33. The molecule has 1 N–H and O–H groups in total. The minimum absolute atomic E-state index is 0.0318. The van der Waals surface area contributed by atoms with Crippen LogP contribution in [0.1, 0.15) is 6.42 Å². The lowest BCUT2D eigenvalue weighted by atomic mass is 9.98. The topological polar surface area (TPSA) is 46.5 Å². The molecule has 0 fully saturated rings. The molecule has 0 aromatic carbocycles. The van der Waals surface area contributed by atoms with Gasteiger partial charge in [-0.3, -0.25) is 0 Å². The maximum atomic E-state index is 11.3. The third kappa shape index (κ3) is 1.11. The van der Waals surface area contributed by atoms with Crippen LogP contribution in [0.15, 0.2) is 23.3 Å². The second-order valence-corrected chi connectivity index (χ2v) is 3.42. The lowest BCUT2D eigenvalue weighted by Crippen LogP contribution is -2.13. The molecule has 0 unspecified atom stereocenters. The van der Waals surface area contributed by atoms with Crippen LogP contribution in [0.3, 0.4) is 0 Å². The highest BCUT2D eigenvalue weighted by molar-refractivity contribution is 5.91. The zero-order valence-electron chi connectivity index (χ0n) is 7.49. The van der Waals surface area contributed by atoms with Crippen molar-refractivity contribution in [3.63, 3.8) is 0 Å². The number of carbonyl (C=O) groups excluding carboxylic acids is 1. The van der Waals surface area contributed by atoms with Gasteiger partial charge >= 0.3 is 5.97 Å². The van der Waals surface area contributed by atoms with E-state index in [9.17, 15) is 4.79 Å². The van der Waals surface area contributed by atoms with Crippen LogP contribution in [-0.2, 0) is 9.53 Å². The van der Waals surface area contributed by atoms with Crippen LogP contribution in [0.25, 0.3) is 0 Å². The molecule has 0 radical (unpaired) electrons. The highest BCUT2D eigenvalue weighted by Gasteiger charge is 2.38. The zero-order valence-corrected chi connectivity index (χ0v) is 7.49. The molecule has 0 saturated carbocycles. The van der Waals surface area contributed by atoms with E-state index in [1.807, 2.05) is 6.08 Å². The maximum Gasteiger partial charge on any atom is 0.334 e. The SMILES string of the molecule is COC(=O)C1=C(CO)[C@@H]2C=C[C@@H]1C2. The van der Waals surface area contributed by atoms with Gasteiger partial charge < -0.3 is 9.84 Å². The van der Waals surface area contributed by atoms with Crippen molar-refractivity contribution >= 4 is 5.97 Å². The monoisotopic (exact) mass is 180 g/mol. The number of methoxy groups -OCH3 is 1. The van der Waals surface area contributed by atoms with Gasteiger partial charge in [0.05, 0.1) is 13.7 Å². The molecular formula is C10H12O3. The summed E-state index contributed by atoms with van der Waals surface area (Å²) in [6.45, 7) is -0.0318. The molecule has 0 saturated heterocycles. The van der Waals surface area contributed by atoms with Crippen molar-refractivity contribution in [2.45, 2.75) is 6.42 Å². The van der Waals surface area contributed by atoms with E-state index in [1.165, 1.54) is 7.11 Å². The molecule has 0 amide bonds. The Morgan fingerprint density at radius 3 is 2.92 bits per heavy atom. The molecule has 13 heavy (non-hydrogen) atoms. The average Bonchev–Trinajstić information content (AvgIpc) is 2.74. The van der Waals surface area contributed by atoms with E-state index in [0.29, 0.717) is 5.57 Å². The Bertz CT molecular complexity index is 301. The van der Waals surface area contributed by atoms with Crippen LogP contribution in [0.2, 0.25) is 0 Å². The van der Waals surface area contributed by atoms with Crippen molar-refractivity contribution in [2.24, 2.45) is 11.8 Å². The van der Waals surface area contributed by atoms with Crippen molar-refractivity contribution in [1.29, 1.82) is 0 Å². The molecule has 2 atom stereocenters. The first-order valence-electron chi connectivity index (χ1n) is 4.38. The largest absolute Gasteiger partial charge is 0.466 e. The Morgan fingerprint density at radius 2 is 2.31 bits per heavy atom. The molecule has 2 aliphatic rings. The summed E-state index contributed by atoms with van der Waals surface area (Å²) in [5.74, 6) is 0.157. The Labute approximate surface area is 76.7 Å². The van der Waals surface area contributed by atoms with Crippen LogP contribution in [0.5, 0.6) is 0 Å². The fourth-order valence-electron chi connectivity index (χ4n) is 2.20. The molecule has 3 nitrogen and oxygen atoms in total. The quantitative estimate of drug-likeness (QED) is 0.501. The van der Waals surface area contributed by atoms with Gasteiger partial charge in [-0.05, 0) is 12.0 Å². The third-order valence-electron chi connectivity index (χ3n) is 2.82. The minimum Gasteiger partial charge on any atom is -0.466 e. The Kier molecular flexibility index (Phi) is 1.96. The second kappa shape index (κ2) is 3.00. The highest BCUT2D eigenvalue weighted by atomic mass is 16.5. The first kappa shape index (κ1) is 8.51. The summed E-state index contributed by atoms with van der Waals surface area (Å²) in [7, 11) is 1.38. The summed E-state index contributed by atoms with van der Waals surface area (Å²) in [5, 5.41) is 9.10. The van der Waals surface area contributed by atoms with E-state index in [4.69, 9.17) is 5.11 Å². The molecule has 70 valence electrons. The van der Waals surface area contributed by atoms with Crippen molar-refractivity contribution in [1.82, 2.24) is 0 Å². The molecule has 0 aliphatic heterocycles. The fraction of sp³-hybridized carbons (Fsp3) is 0.500. The van der Waals surface area contributed by atoms with Crippen molar-refractivity contribution in [3.8, 4) is 0 Å². The number of allylic oxidation sites excluding steroid dienone is 2. The van der Waals surface area contributed by atoms with E-state index < -0.39 is 0 Å². The summed E-state index contributed by atoms with van der Waals surface area (Å²) in [4.78, 5) is 11.3. The average molecular weight is 180 g/mol. The highest BCUT2D eigenvalue weighted by Crippen LogP contribution is 2.43. The summed E-state index contributed by atoms with van der Waals surface area (Å²) >= 11 is 0. The van der Waals surface area contributed by atoms with E-state index in [1.54, 1.807) is 0 Å². The third-order valence-corrected chi connectivity index (χ3v) is 2.82. The fourth-order valence-corrected chi connectivity index (χ4v) is 2.20. The lowest BCUT2D eigenvalue weighted by molar-refractivity contribution is -0.136. The van der Waals surface area contributed by atoms with Crippen LogP contribution in [-0.4, -0.2) is 24.8 Å². The number of esters is 1. The van der Waals surface area contributed by atoms with Crippen LogP contribution >= 0.6 is 0 Å². The molecular weight excluding hydrogens is 168 g/mol. The van der Waals surface area contributed by atoms with Gasteiger partial charge in [0.15, 0.2) is 0 Å². The molecule has 3 heteroatoms. The number of aliphatic hydroxyl groups excluding tert-OH is 1. The minimum atomic E-state index is -0.291. The number of hydrogen-bond acceptors (Lipinski definition) is 3. The van der Waals surface area contributed by atoms with Crippen molar-refractivity contribution in [2.75, 3.05) is 13.7 Å². The van der Waals surface area contributed by atoms with Crippen LogP contribution in [0, 0.1) is 11.8 Å². The predicted octanol–water partition coefficient (Wildman–Crippen LogP) is 0.654. The number of hydrogen-bond donors (Lipinski definition) is 1. The lowest BCUT2D eigenvalue weighted by Gasteiger charge is -2.11. The summed E-state index contributed by atoms with van der Waals surface area (Å²) < 4.78 is 4.68. The molecule has 2 bridgehead atoms. The van der Waals surface area contributed by atoms with E-state index >= 15 is 0 Å². The van der Waals surface area contributed by atoms with Crippen molar-refractivity contribution in [3.05, 3.63) is 23.3 Å². The van der Waals surface area contributed by atoms with Gasteiger partial charge in [0, 0.05) is 17.4 Å². The number of carbonyl (C=O) groups is 1. The second-order valence-electron chi connectivity index (χ2n) is 3.42. The molecule has 0 heterocycles. The first-order chi connectivity index (χ1) is 6.27. The first-order valence-corrected chi connectivity index (χ1v) is 4.38. The standard InChI is InChI=1S/C10H12O3/c1-13-10(12)9-7-3-2-6(4-7)8(9)5-11/h2-3,6-7,11H,4-5H2,1H3/t6-,7-/m1/s1. The molecule has 2 aliphatic carbocycles. The summed E-state index contributed by atoms with van der Waals surface area (Å²) in [6, 6.07) is 0. The Hall–Kier alpha value is -1.09. The van der Waals surface area contributed by atoms with Gasteiger partial charge in [-0.15, -0.1) is 0 Å². The van der Waals surface area contributed by atoms with Crippen LogP contribution < -0.4 is 0 Å². The summed E-state index contributed by atoms with van der Waals surface area (Å²) in [5.41, 5.74) is 1.52. The number of fused-ring (bicyclic) bond motifs is 2. The van der Waals surface area contributed by atoms with Gasteiger partial charge in [-0.2, -0.15) is 0 Å². The van der Waals surface area contributed by atoms with Gasteiger partial charge in [-0.25, -0.2) is 4.79 Å². The van der Waals surface area contributed by atoms with E-state index in [0.717, 1.165) is 12.0 Å². The van der Waals surface area contributed by atoms with E-state index in [2.05, 4.69) is 10.8 Å². The molecule has 0 spiro atoms. The number of rotatable bonds is 2. The van der Waals surface area contributed by atoms with E-state index in [-0.39, 0.29) is 24.4 Å². The normalized spacial score (nSPS) is 30.0. The molecule has 0 aromatic heterocycles. The number of aliphatic hydroxyl groups is 1. The Morgan fingerprint density at radius 1 is 1.62 bits per heavy atom. The van der Waals surface area contributed by atoms with Gasteiger partial charge in [0.25, 0.3) is 0 Å². The van der Waals surface area contributed by atoms with Crippen molar-refractivity contribution < 1.29 is 14.6 Å². The predicted molar refractivity (Wildman–Crippen MR) is 46.9 cm³/mol. The maximum absolute atomic E-state index is 11.3. The van der Waals surface area contributed by atoms with Gasteiger partial charge in [-0.1, -0.05) is 12.2 Å². The number of ether oxygens (including phenoxy) is 1. The smallest absolute Gasteiger partial charge is 0.334 e. The van der Waals surface area contributed by atoms with Crippen LogP contribution in [0.4, 0.5) is 0 Å². The van der Waals surface area contributed by atoms with Gasteiger partial charge in [0.2, 0.25) is 0 Å². The molecule has 2 rings (SSSR count). The molecule has 0 aromatic rings.